The van der Waals surface area contributed by atoms with Crippen LogP contribution in [0.2, 0.25) is 0 Å². The summed E-state index contributed by atoms with van der Waals surface area (Å²) in [6, 6.07) is 15.6. The number of nitrogens with one attached hydrogen (secondary N) is 1. The molecule has 4 rings (SSSR count). The first-order valence-corrected chi connectivity index (χ1v) is 11.2. The molecule has 8 heteroatoms. The van der Waals surface area contributed by atoms with E-state index in [1.54, 1.807) is 11.8 Å². The molecule has 0 spiro atoms. The highest BCUT2D eigenvalue weighted by molar-refractivity contribution is 5.93. The molecule has 1 saturated heterocycles. The summed E-state index contributed by atoms with van der Waals surface area (Å²) in [7, 11) is 1.61. The van der Waals surface area contributed by atoms with Crippen LogP contribution < -0.4 is 14.8 Å². The molecule has 2 heterocycles. The molecule has 8 nitrogen and oxygen atoms in total. The summed E-state index contributed by atoms with van der Waals surface area (Å²) in [5.74, 6) is 1.32. The Bertz CT molecular complexity index is 1090. The van der Waals surface area contributed by atoms with Crippen molar-refractivity contribution in [2.75, 3.05) is 33.5 Å². The molecule has 1 N–H and O–H groups in total. The van der Waals surface area contributed by atoms with Gasteiger partial charge in [-0.3, -0.25) is 4.79 Å². The van der Waals surface area contributed by atoms with Gasteiger partial charge in [-0.2, -0.15) is 0 Å². The molecular formula is C25H30N4O4. The maximum Gasteiger partial charge on any atom is 0.273 e. The number of nitrogens with zero attached hydrogens (tertiary/aromatic N) is 3. The summed E-state index contributed by atoms with van der Waals surface area (Å²) in [6.07, 6.45) is 1.66. The number of hydrogen-bond donors (Lipinski definition) is 1. The fourth-order valence-electron chi connectivity index (χ4n) is 4.26. The second kappa shape index (κ2) is 10.0. The van der Waals surface area contributed by atoms with Gasteiger partial charge in [0, 0.05) is 31.2 Å². The molecule has 1 aliphatic rings. The molecule has 0 unspecified atom stereocenters. The van der Waals surface area contributed by atoms with E-state index < -0.39 is 0 Å². The number of carbonyl (C=O) groups is 1. The van der Waals surface area contributed by atoms with Gasteiger partial charge in [0.05, 0.1) is 25.1 Å². The summed E-state index contributed by atoms with van der Waals surface area (Å²) in [5, 5.41) is 11.5. The minimum atomic E-state index is -0.238. The second-order valence-corrected chi connectivity index (χ2v) is 8.17. The third-order valence-electron chi connectivity index (χ3n) is 6.22. The Hall–Kier alpha value is -3.39. The quantitative estimate of drug-likeness (QED) is 0.566. The van der Waals surface area contributed by atoms with Crippen LogP contribution in [0.3, 0.4) is 0 Å². The van der Waals surface area contributed by atoms with Crippen molar-refractivity contribution in [3.63, 3.8) is 0 Å². The lowest BCUT2D eigenvalue weighted by Gasteiger charge is -2.38. The van der Waals surface area contributed by atoms with Gasteiger partial charge >= 0.3 is 0 Å². The molecule has 0 radical (unpaired) electrons. The average Bonchev–Trinajstić information content (AvgIpc) is 3.25. The number of benzene rings is 2. The molecule has 1 aromatic heterocycles. The number of methoxy groups -OCH3 is 1. The second-order valence-electron chi connectivity index (χ2n) is 8.17. The maximum atomic E-state index is 13.1. The van der Waals surface area contributed by atoms with Crippen molar-refractivity contribution in [3.05, 3.63) is 65.5 Å². The van der Waals surface area contributed by atoms with Crippen LogP contribution in [0.5, 0.6) is 11.5 Å². The van der Waals surface area contributed by atoms with E-state index in [0.717, 1.165) is 24.3 Å². The van der Waals surface area contributed by atoms with Gasteiger partial charge in [0.1, 0.15) is 11.5 Å². The fraction of sp³-hybridized carbons (Fsp3) is 0.400. The number of carbonyl (C=O) groups excluding carboxylic acids is 1. The first-order chi connectivity index (χ1) is 16.1. The van der Waals surface area contributed by atoms with Crippen LogP contribution in [0, 0.1) is 6.92 Å². The van der Waals surface area contributed by atoms with Crippen LogP contribution in [0.4, 0.5) is 0 Å². The zero-order valence-electron chi connectivity index (χ0n) is 19.3. The van der Waals surface area contributed by atoms with E-state index in [4.69, 9.17) is 14.2 Å². The van der Waals surface area contributed by atoms with Crippen molar-refractivity contribution >= 4 is 5.91 Å². The highest BCUT2D eigenvalue weighted by Gasteiger charge is 2.35. The highest BCUT2D eigenvalue weighted by atomic mass is 16.5. The molecule has 1 amide bonds. The van der Waals surface area contributed by atoms with Gasteiger partial charge in [-0.1, -0.05) is 23.4 Å². The number of amides is 1. The summed E-state index contributed by atoms with van der Waals surface area (Å²) in [6.45, 7) is 6.25. The Kier molecular flexibility index (Phi) is 6.93. The lowest BCUT2D eigenvalue weighted by molar-refractivity contribution is 0.0486. The van der Waals surface area contributed by atoms with Gasteiger partial charge in [-0.15, -0.1) is 5.10 Å². The van der Waals surface area contributed by atoms with Crippen LogP contribution >= 0.6 is 0 Å². The molecule has 2 aromatic carbocycles. The predicted octanol–water partition coefficient (Wildman–Crippen LogP) is 3.46. The van der Waals surface area contributed by atoms with Gasteiger partial charge in [0.25, 0.3) is 5.91 Å². The summed E-state index contributed by atoms with van der Waals surface area (Å²) in [4.78, 5) is 13.1. The van der Waals surface area contributed by atoms with Crippen LogP contribution in [0.25, 0.3) is 5.69 Å². The molecule has 0 aliphatic carbocycles. The van der Waals surface area contributed by atoms with Crippen molar-refractivity contribution in [1.82, 2.24) is 20.3 Å². The van der Waals surface area contributed by atoms with Crippen LogP contribution in [0.1, 0.15) is 41.5 Å². The summed E-state index contributed by atoms with van der Waals surface area (Å²) >= 11 is 0. The Labute approximate surface area is 193 Å². The van der Waals surface area contributed by atoms with Gasteiger partial charge < -0.3 is 19.5 Å². The van der Waals surface area contributed by atoms with E-state index in [2.05, 4.69) is 27.8 Å². The number of rotatable bonds is 8. The van der Waals surface area contributed by atoms with Crippen LogP contribution in [-0.2, 0) is 10.2 Å². The van der Waals surface area contributed by atoms with Crippen molar-refractivity contribution in [1.29, 1.82) is 0 Å². The molecule has 0 saturated carbocycles. The van der Waals surface area contributed by atoms with Crippen molar-refractivity contribution < 1.29 is 19.0 Å². The van der Waals surface area contributed by atoms with Gasteiger partial charge in [-0.05, 0) is 56.5 Å². The molecule has 174 valence electrons. The maximum absolute atomic E-state index is 13.1. The van der Waals surface area contributed by atoms with Gasteiger partial charge in [0.15, 0.2) is 5.69 Å². The molecule has 0 bridgehead atoms. The summed E-state index contributed by atoms with van der Waals surface area (Å²) < 4.78 is 18.1. The third kappa shape index (κ3) is 4.85. The molecule has 1 aliphatic heterocycles. The SMILES string of the molecule is CCOc1ccc(C2(CNC(=O)c3nnn(-c4cccc(OC)c4)c3C)CCOCC2)cc1. The highest BCUT2D eigenvalue weighted by Crippen LogP contribution is 2.35. The van der Waals surface area contributed by atoms with E-state index in [9.17, 15) is 4.79 Å². The molecule has 33 heavy (non-hydrogen) atoms. The van der Waals surface area contributed by atoms with E-state index in [1.807, 2.05) is 50.2 Å². The minimum absolute atomic E-state index is 0.199. The number of hydrogen-bond acceptors (Lipinski definition) is 6. The van der Waals surface area contributed by atoms with E-state index in [1.165, 1.54) is 5.56 Å². The summed E-state index contributed by atoms with van der Waals surface area (Å²) in [5.41, 5.74) is 2.74. The zero-order chi connectivity index (χ0) is 23.3. The standard InChI is InChI=1S/C25H30N4O4/c1-4-33-21-10-8-19(9-11-21)25(12-14-32-15-13-25)17-26-24(30)23-18(2)29(28-27-23)20-6-5-7-22(16-20)31-3/h5-11,16H,4,12-15,17H2,1-3H3,(H,26,30). The first-order valence-electron chi connectivity index (χ1n) is 11.2. The van der Waals surface area contributed by atoms with Crippen molar-refractivity contribution in [2.24, 2.45) is 0 Å². The predicted molar refractivity (Wildman–Crippen MR) is 124 cm³/mol. The third-order valence-corrected chi connectivity index (χ3v) is 6.22. The lowest BCUT2D eigenvalue weighted by atomic mass is 9.74. The Morgan fingerprint density at radius 1 is 1.15 bits per heavy atom. The van der Waals surface area contributed by atoms with Gasteiger partial charge in [-0.25, -0.2) is 4.68 Å². The monoisotopic (exact) mass is 450 g/mol. The lowest BCUT2D eigenvalue weighted by Crippen LogP contribution is -2.44. The smallest absolute Gasteiger partial charge is 0.273 e. The minimum Gasteiger partial charge on any atom is -0.497 e. The largest absolute Gasteiger partial charge is 0.497 e. The van der Waals surface area contributed by atoms with E-state index >= 15 is 0 Å². The Balaban J connectivity index is 1.52. The molecule has 3 aromatic rings. The Morgan fingerprint density at radius 2 is 1.91 bits per heavy atom. The van der Waals surface area contributed by atoms with Crippen LogP contribution in [-0.4, -0.2) is 54.4 Å². The zero-order valence-corrected chi connectivity index (χ0v) is 19.3. The van der Waals surface area contributed by atoms with Crippen molar-refractivity contribution in [2.45, 2.75) is 32.1 Å². The number of ether oxygens (including phenoxy) is 3. The molecule has 1 fully saturated rings. The topological polar surface area (TPSA) is 87.5 Å². The fourth-order valence-corrected chi connectivity index (χ4v) is 4.26. The van der Waals surface area contributed by atoms with E-state index in [0.29, 0.717) is 43.5 Å². The van der Waals surface area contributed by atoms with E-state index in [-0.39, 0.29) is 11.3 Å². The Morgan fingerprint density at radius 3 is 2.61 bits per heavy atom. The normalized spacial score (nSPS) is 15.1. The van der Waals surface area contributed by atoms with Crippen LogP contribution in [0.15, 0.2) is 48.5 Å². The van der Waals surface area contributed by atoms with Gasteiger partial charge in [0.2, 0.25) is 0 Å². The average molecular weight is 451 g/mol. The molecular weight excluding hydrogens is 420 g/mol. The first kappa shape index (κ1) is 22.8. The molecule has 0 atom stereocenters. The number of aromatic nitrogens is 3. The van der Waals surface area contributed by atoms with Crippen molar-refractivity contribution in [3.8, 4) is 17.2 Å².